The molecule has 1 aliphatic carbocycles. The minimum Gasteiger partial charge on any atom is -0.317 e. The molecule has 1 N–H and O–H groups in total. The maximum absolute atomic E-state index is 3.44. The molecule has 0 atom stereocenters. The summed E-state index contributed by atoms with van der Waals surface area (Å²) >= 11 is 0. The molecule has 1 nitrogen and oxygen atoms in total. The fraction of sp³-hybridized carbons (Fsp3) is 1.00. The molecule has 0 aromatic carbocycles. The minimum absolute atomic E-state index is 0.811. The van der Waals surface area contributed by atoms with Crippen molar-refractivity contribution in [1.82, 2.24) is 5.32 Å². The zero-order valence-electron chi connectivity index (χ0n) is 7.53. The minimum atomic E-state index is 0.811. The van der Waals surface area contributed by atoms with Crippen LogP contribution in [0.2, 0.25) is 0 Å². The van der Waals surface area contributed by atoms with Gasteiger partial charge in [0.15, 0.2) is 0 Å². The molecule has 2 aliphatic rings. The quantitative estimate of drug-likeness (QED) is 0.609. The van der Waals surface area contributed by atoms with Crippen molar-refractivity contribution in [3.8, 4) is 0 Å². The summed E-state index contributed by atoms with van der Waals surface area (Å²) in [5, 5.41) is 3.44. The summed E-state index contributed by atoms with van der Waals surface area (Å²) in [5.74, 6) is 1.08. The van der Waals surface area contributed by atoms with Gasteiger partial charge in [0.25, 0.3) is 0 Å². The van der Waals surface area contributed by atoms with Crippen LogP contribution in [-0.4, -0.2) is 13.1 Å². The van der Waals surface area contributed by atoms with Gasteiger partial charge in [0, 0.05) is 0 Å². The first-order valence-corrected chi connectivity index (χ1v) is 5.05. The Kier molecular flexibility index (Phi) is 1.92. The Hall–Kier alpha value is -0.0400. The Morgan fingerprint density at radius 1 is 1.27 bits per heavy atom. The fourth-order valence-electron chi connectivity index (χ4n) is 2.82. The van der Waals surface area contributed by atoms with Gasteiger partial charge in [0.1, 0.15) is 0 Å². The van der Waals surface area contributed by atoms with E-state index in [1.54, 1.807) is 0 Å². The molecular formula is C10H19N. The fourth-order valence-corrected chi connectivity index (χ4v) is 2.82. The third-order valence-corrected chi connectivity index (χ3v) is 3.68. The maximum atomic E-state index is 3.44. The molecule has 0 aromatic rings. The summed E-state index contributed by atoms with van der Waals surface area (Å²) < 4.78 is 0. The zero-order valence-corrected chi connectivity index (χ0v) is 7.53. The normalized spacial score (nSPS) is 30.3. The van der Waals surface area contributed by atoms with Crippen molar-refractivity contribution in [3.63, 3.8) is 0 Å². The van der Waals surface area contributed by atoms with Crippen LogP contribution in [0.25, 0.3) is 0 Å². The number of hydrogen-bond donors (Lipinski definition) is 1. The monoisotopic (exact) mass is 153 g/mol. The molecule has 0 amide bonds. The SMILES string of the molecule is CCC1CC2(CCNCC2)C1. The number of hydrogen-bond acceptors (Lipinski definition) is 1. The molecule has 1 aliphatic heterocycles. The lowest BCUT2D eigenvalue weighted by molar-refractivity contribution is 0.0200. The first-order chi connectivity index (χ1) is 5.35. The smallest absolute Gasteiger partial charge is 0.00436 e. The summed E-state index contributed by atoms with van der Waals surface area (Å²) in [5.41, 5.74) is 0.811. The van der Waals surface area contributed by atoms with Crippen molar-refractivity contribution in [2.75, 3.05) is 13.1 Å². The van der Waals surface area contributed by atoms with E-state index in [1.165, 1.54) is 45.2 Å². The maximum Gasteiger partial charge on any atom is -0.00436 e. The summed E-state index contributed by atoms with van der Waals surface area (Å²) in [7, 11) is 0. The highest BCUT2D eigenvalue weighted by Crippen LogP contribution is 2.52. The van der Waals surface area contributed by atoms with Crippen LogP contribution < -0.4 is 5.32 Å². The highest BCUT2D eigenvalue weighted by Gasteiger charge is 2.43. The Bertz CT molecular complexity index is 128. The largest absolute Gasteiger partial charge is 0.317 e. The third-order valence-electron chi connectivity index (χ3n) is 3.68. The molecule has 1 heteroatoms. The van der Waals surface area contributed by atoms with Crippen molar-refractivity contribution in [2.24, 2.45) is 11.3 Å². The van der Waals surface area contributed by atoms with Crippen LogP contribution >= 0.6 is 0 Å². The molecular weight excluding hydrogens is 134 g/mol. The Morgan fingerprint density at radius 3 is 2.45 bits per heavy atom. The Labute approximate surface area is 69.6 Å². The van der Waals surface area contributed by atoms with Crippen molar-refractivity contribution in [3.05, 3.63) is 0 Å². The van der Waals surface area contributed by atoms with Crippen LogP contribution in [0.1, 0.15) is 39.0 Å². The van der Waals surface area contributed by atoms with Crippen LogP contribution in [0.4, 0.5) is 0 Å². The molecule has 64 valence electrons. The van der Waals surface area contributed by atoms with Crippen LogP contribution in [0.5, 0.6) is 0 Å². The van der Waals surface area contributed by atoms with Crippen molar-refractivity contribution in [1.29, 1.82) is 0 Å². The third kappa shape index (κ3) is 1.31. The number of nitrogens with one attached hydrogen (secondary N) is 1. The van der Waals surface area contributed by atoms with Crippen molar-refractivity contribution >= 4 is 0 Å². The molecule has 1 heterocycles. The average molecular weight is 153 g/mol. The van der Waals surface area contributed by atoms with Gasteiger partial charge < -0.3 is 5.32 Å². The van der Waals surface area contributed by atoms with Gasteiger partial charge in [0.2, 0.25) is 0 Å². The van der Waals surface area contributed by atoms with Gasteiger partial charge in [0.05, 0.1) is 0 Å². The number of rotatable bonds is 1. The predicted octanol–water partition coefficient (Wildman–Crippen LogP) is 2.18. The van der Waals surface area contributed by atoms with Crippen molar-refractivity contribution in [2.45, 2.75) is 39.0 Å². The molecule has 1 saturated carbocycles. The molecule has 0 bridgehead atoms. The van der Waals surface area contributed by atoms with E-state index in [0.29, 0.717) is 0 Å². The lowest BCUT2D eigenvalue weighted by atomic mass is 9.57. The molecule has 0 radical (unpaired) electrons. The molecule has 0 aromatic heterocycles. The average Bonchev–Trinajstić information content (AvgIpc) is 2.01. The summed E-state index contributed by atoms with van der Waals surface area (Å²) in [4.78, 5) is 0. The van der Waals surface area contributed by atoms with E-state index in [9.17, 15) is 0 Å². The van der Waals surface area contributed by atoms with E-state index >= 15 is 0 Å². The molecule has 2 fully saturated rings. The van der Waals surface area contributed by atoms with Crippen LogP contribution in [-0.2, 0) is 0 Å². The zero-order chi connectivity index (χ0) is 7.73. The van der Waals surface area contributed by atoms with Gasteiger partial charge in [-0.15, -0.1) is 0 Å². The predicted molar refractivity (Wildman–Crippen MR) is 47.6 cm³/mol. The van der Waals surface area contributed by atoms with Gasteiger partial charge >= 0.3 is 0 Å². The summed E-state index contributed by atoms with van der Waals surface area (Å²) in [6, 6.07) is 0. The number of piperidine rings is 1. The highest BCUT2D eigenvalue weighted by molar-refractivity contribution is 4.95. The Morgan fingerprint density at radius 2 is 1.91 bits per heavy atom. The first-order valence-electron chi connectivity index (χ1n) is 5.05. The van der Waals surface area contributed by atoms with Crippen LogP contribution in [0.15, 0.2) is 0 Å². The van der Waals surface area contributed by atoms with E-state index < -0.39 is 0 Å². The molecule has 11 heavy (non-hydrogen) atoms. The Balaban J connectivity index is 1.84. The first kappa shape index (κ1) is 7.60. The van der Waals surface area contributed by atoms with Gasteiger partial charge in [-0.25, -0.2) is 0 Å². The molecule has 1 spiro atoms. The molecule has 1 saturated heterocycles. The second-order valence-electron chi connectivity index (χ2n) is 4.43. The van der Waals surface area contributed by atoms with E-state index in [2.05, 4.69) is 12.2 Å². The van der Waals surface area contributed by atoms with E-state index in [4.69, 9.17) is 0 Å². The summed E-state index contributed by atoms with van der Waals surface area (Å²) in [6.07, 6.45) is 7.37. The second-order valence-corrected chi connectivity index (χ2v) is 4.43. The van der Waals surface area contributed by atoms with Gasteiger partial charge in [-0.05, 0) is 50.1 Å². The summed E-state index contributed by atoms with van der Waals surface area (Å²) in [6.45, 7) is 4.88. The van der Waals surface area contributed by atoms with Gasteiger partial charge in [-0.3, -0.25) is 0 Å². The molecule has 0 unspecified atom stereocenters. The van der Waals surface area contributed by atoms with E-state index in [1.807, 2.05) is 0 Å². The van der Waals surface area contributed by atoms with E-state index in [0.717, 1.165) is 11.3 Å². The topological polar surface area (TPSA) is 12.0 Å². The lowest BCUT2D eigenvalue weighted by Crippen LogP contribution is -2.45. The van der Waals surface area contributed by atoms with Crippen LogP contribution in [0, 0.1) is 11.3 Å². The molecule has 2 rings (SSSR count). The van der Waals surface area contributed by atoms with E-state index in [-0.39, 0.29) is 0 Å². The van der Waals surface area contributed by atoms with Gasteiger partial charge in [-0.1, -0.05) is 13.3 Å². The standard InChI is InChI=1S/C10H19N/c1-2-9-7-10(8-9)3-5-11-6-4-10/h9,11H,2-8H2,1H3. The van der Waals surface area contributed by atoms with Crippen molar-refractivity contribution < 1.29 is 0 Å². The van der Waals surface area contributed by atoms with Gasteiger partial charge in [-0.2, -0.15) is 0 Å². The highest BCUT2D eigenvalue weighted by atomic mass is 14.9. The van der Waals surface area contributed by atoms with Crippen LogP contribution in [0.3, 0.4) is 0 Å². The second kappa shape index (κ2) is 2.78. The lowest BCUT2D eigenvalue weighted by Gasteiger charge is -2.50.